The fourth-order valence-corrected chi connectivity index (χ4v) is 3.89. The first kappa shape index (κ1) is 16.3. The quantitative estimate of drug-likeness (QED) is 0.639. The van der Waals surface area contributed by atoms with Crippen molar-refractivity contribution in [1.82, 2.24) is 0 Å². The van der Waals surface area contributed by atoms with Crippen molar-refractivity contribution < 1.29 is 4.74 Å². The number of anilines is 1. The molecule has 0 radical (unpaired) electrons. The van der Waals surface area contributed by atoms with Gasteiger partial charge in [0.2, 0.25) is 0 Å². The molecule has 0 atom stereocenters. The largest absolute Gasteiger partial charge is 0.495 e. The van der Waals surface area contributed by atoms with Crippen molar-refractivity contribution in [3.8, 4) is 11.8 Å². The summed E-state index contributed by atoms with van der Waals surface area (Å²) in [6.07, 6.45) is 0. The van der Waals surface area contributed by atoms with Gasteiger partial charge in [-0.05, 0) is 62.2 Å². The highest BCUT2D eigenvalue weighted by molar-refractivity contribution is 9.11. The summed E-state index contributed by atoms with van der Waals surface area (Å²) in [4.78, 5) is 0. The van der Waals surface area contributed by atoms with Gasteiger partial charge in [-0.1, -0.05) is 15.9 Å². The molecule has 0 spiro atoms. The summed E-state index contributed by atoms with van der Waals surface area (Å²) >= 11 is 10.4. The van der Waals surface area contributed by atoms with E-state index in [2.05, 4.69) is 59.2 Å². The molecule has 21 heavy (non-hydrogen) atoms. The van der Waals surface area contributed by atoms with E-state index in [0.717, 1.165) is 30.4 Å². The predicted octanol–water partition coefficient (Wildman–Crippen LogP) is 5.47. The first-order chi connectivity index (χ1) is 10.0. The van der Waals surface area contributed by atoms with Gasteiger partial charge >= 0.3 is 0 Å². The molecule has 0 amide bonds. The Morgan fingerprint density at radius 3 is 2.52 bits per heavy atom. The topological polar surface area (TPSA) is 45.0 Å². The Morgan fingerprint density at radius 1 is 1.14 bits per heavy atom. The third-order valence-corrected chi connectivity index (χ3v) is 4.56. The van der Waals surface area contributed by atoms with E-state index in [0.29, 0.717) is 12.1 Å². The third kappa shape index (κ3) is 4.00. The maximum Gasteiger partial charge on any atom is 0.138 e. The van der Waals surface area contributed by atoms with Gasteiger partial charge in [-0.2, -0.15) is 5.26 Å². The molecule has 0 aliphatic carbocycles. The molecular formula is C15H11Br3N2O. The lowest BCUT2D eigenvalue weighted by atomic mass is 10.2. The predicted molar refractivity (Wildman–Crippen MR) is 94.6 cm³/mol. The number of nitriles is 1. The Hall–Kier alpha value is -1.03. The summed E-state index contributed by atoms with van der Waals surface area (Å²) in [7, 11) is 1.65. The van der Waals surface area contributed by atoms with Crippen LogP contribution in [0.5, 0.6) is 5.75 Å². The van der Waals surface area contributed by atoms with Crippen LogP contribution in [-0.4, -0.2) is 7.11 Å². The molecule has 0 bridgehead atoms. The van der Waals surface area contributed by atoms with E-state index in [1.165, 1.54) is 0 Å². The highest BCUT2D eigenvalue weighted by atomic mass is 79.9. The molecule has 0 saturated carbocycles. The molecule has 0 saturated heterocycles. The fraction of sp³-hybridized carbons (Fsp3) is 0.133. The van der Waals surface area contributed by atoms with Gasteiger partial charge in [-0.3, -0.25) is 0 Å². The number of halogens is 3. The molecule has 0 heterocycles. The molecule has 2 aromatic rings. The number of benzene rings is 2. The molecule has 6 heteroatoms. The van der Waals surface area contributed by atoms with Gasteiger partial charge in [-0.25, -0.2) is 0 Å². The molecule has 0 aromatic heterocycles. The molecule has 3 nitrogen and oxygen atoms in total. The highest BCUT2D eigenvalue weighted by Gasteiger charge is 2.10. The van der Waals surface area contributed by atoms with Crippen molar-refractivity contribution in [2.75, 3.05) is 12.4 Å². The van der Waals surface area contributed by atoms with Gasteiger partial charge in [-0.15, -0.1) is 0 Å². The van der Waals surface area contributed by atoms with Gasteiger partial charge in [0.05, 0.1) is 23.2 Å². The van der Waals surface area contributed by atoms with Crippen LogP contribution in [0.1, 0.15) is 11.1 Å². The van der Waals surface area contributed by atoms with E-state index in [4.69, 9.17) is 10.00 Å². The lowest BCUT2D eigenvalue weighted by molar-refractivity contribution is 0.407. The van der Waals surface area contributed by atoms with Crippen LogP contribution >= 0.6 is 47.8 Å². The maximum atomic E-state index is 8.87. The SMILES string of the molecule is COc1c(Br)cc(Br)cc1CNc1ccc(C#N)cc1Br. The maximum absolute atomic E-state index is 8.87. The van der Waals surface area contributed by atoms with Crippen LogP contribution in [-0.2, 0) is 6.54 Å². The Bertz CT molecular complexity index is 711. The van der Waals surface area contributed by atoms with Crippen LogP contribution in [0.2, 0.25) is 0 Å². The number of hydrogen-bond donors (Lipinski definition) is 1. The molecule has 0 aliphatic rings. The van der Waals surface area contributed by atoms with Crippen LogP contribution in [0.3, 0.4) is 0 Å². The summed E-state index contributed by atoms with van der Waals surface area (Å²) in [6, 6.07) is 11.5. The van der Waals surface area contributed by atoms with E-state index in [-0.39, 0.29) is 0 Å². The minimum atomic E-state index is 0.603. The zero-order valence-corrected chi connectivity index (χ0v) is 15.8. The van der Waals surface area contributed by atoms with Crippen molar-refractivity contribution in [3.63, 3.8) is 0 Å². The molecular weight excluding hydrogens is 464 g/mol. The minimum Gasteiger partial charge on any atom is -0.495 e. The van der Waals surface area contributed by atoms with E-state index >= 15 is 0 Å². The lowest BCUT2D eigenvalue weighted by Crippen LogP contribution is -2.03. The van der Waals surface area contributed by atoms with Crippen molar-refractivity contribution in [2.45, 2.75) is 6.54 Å². The Labute approximate surface area is 148 Å². The summed E-state index contributed by atoms with van der Waals surface area (Å²) in [5.41, 5.74) is 2.57. The van der Waals surface area contributed by atoms with Crippen molar-refractivity contribution in [1.29, 1.82) is 5.26 Å². The van der Waals surface area contributed by atoms with E-state index in [1.54, 1.807) is 19.2 Å². The standard InChI is InChI=1S/C15H11Br3N2O/c1-21-15-10(5-11(16)6-13(15)18)8-20-14-3-2-9(7-19)4-12(14)17/h2-6,20H,8H2,1H3. The number of hydrogen-bond acceptors (Lipinski definition) is 3. The number of methoxy groups -OCH3 is 1. The summed E-state index contributed by atoms with van der Waals surface area (Å²) in [5, 5.41) is 12.2. The Morgan fingerprint density at radius 2 is 1.90 bits per heavy atom. The molecule has 2 rings (SSSR count). The van der Waals surface area contributed by atoms with Gasteiger partial charge in [0.15, 0.2) is 0 Å². The number of nitrogens with zero attached hydrogens (tertiary/aromatic N) is 1. The van der Waals surface area contributed by atoms with Crippen LogP contribution in [0.25, 0.3) is 0 Å². The number of nitrogens with one attached hydrogen (secondary N) is 1. The van der Waals surface area contributed by atoms with E-state index < -0.39 is 0 Å². The minimum absolute atomic E-state index is 0.603. The number of rotatable bonds is 4. The van der Waals surface area contributed by atoms with Crippen LogP contribution < -0.4 is 10.1 Å². The van der Waals surface area contributed by atoms with Crippen LogP contribution in [0.15, 0.2) is 43.7 Å². The molecule has 0 aliphatic heterocycles. The average molecular weight is 475 g/mol. The molecule has 0 fully saturated rings. The average Bonchev–Trinajstić information content (AvgIpc) is 2.45. The number of ether oxygens (including phenoxy) is 1. The fourth-order valence-electron chi connectivity index (χ4n) is 1.89. The molecule has 1 N–H and O–H groups in total. The first-order valence-corrected chi connectivity index (χ1v) is 8.38. The zero-order valence-electron chi connectivity index (χ0n) is 11.1. The Kier molecular flexibility index (Phi) is 5.68. The van der Waals surface area contributed by atoms with E-state index in [9.17, 15) is 0 Å². The Balaban J connectivity index is 2.23. The van der Waals surface area contributed by atoms with Gasteiger partial charge in [0, 0.05) is 26.7 Å². The van der Waals surface area contributed by atoms with Crippen LogP contribution in [0, 0.1) is 11.3 Å². The first-order valence-electron chi connectivity index (χ1n) is 6.00. The van der Waals surface area contributed by atoms with Gasteiger partial charge < -0.3 is 10.1 Å². The highest BCUT2D eigenvalue weighted by Crippen LogP contribution is 2.33. The van der Waals surface area contributed by atoms with E-state index in [1.807, 2.05) is 18.2 Å². The summed E-state index contributed by atoms with van der Waals surface area (Å²) < 4.78 is 8.16. The monoisotopic (exact) mass is 472 g/mol. The normalized spacial score (nSPS) is 10.0. The summed E-state index contributed by atoms with van der Waals surface area (Å²) in [5.74, 6) is 0.801. The second kappa shape index (κ2) is 7.30. The molecule has 0 unspecified atom stereocenters. The van der Waals surface area contributed by atoms with Crippen molar-refractivity contribution in [3.05, 3.63) is 54.9 Å². The van der Waals surface area contributed by atoms with Crippen LogP contribution in [0.4, 0.5) is 5.69 Å². The zero-order chi connectivity index (χ0) is 15.4. The summed E-state index contributed by atoms with van der Waals surface area (Å²) in [6.45, 7) is 0.603. The second-order valence-electron chi connectivity index (χ2n) is 4.24. The lowest BCUT2D eigenvalue weighted by Gasteiger charge is -2.14. The van der Waals surface area contributed by atoms with Crippen molar-refractivity contribution in [2.24, 2.45) is 0 Å². The second-order valence-corrected chi connectivity index (χ2v) is 6.86. The van der Waals surface area contributed by atoms with Crippen molar-refractivity contribution >= 4 is 53.5 Å². The molecule has 2 aromatic carbocycles. The molecule has 108 valence electrons. The smallest absolute Gasteiger partial charge is 0.138 e. The van der Waals surface area contributed by atoms with Gasteiger partial charge in [0.1, 0.15) is 5.75 Å². The van der Waals surface area contributed by atoms with Gasteiger partial charge in [0.25, 0.3) is 0 Å². The third-order valence-electron chi connectivity index (χ3n) is 2.86.